The fourth-order valence-electron chi connectivity index (χ4n) is 3.32. The highest BCUT2D eigenvalue weighted by molar-refractivity contribution is 7.17. The van der Waals surface area contributed by atoms with Crippen molar-refractivity contribution >= 4 is 27.4 Å². The Hall–Kier alpha value is -2.49. The average Bonchev–Trinajstić information content (AvgIpc) is 3.13. The van der Waals surface area contributed by atoms with Crippen LogP contribution in [-0.4, -0.2) is 34.0 Å². The molecule has 1 saturated heterocycles. The maximum atomic E-state index is 9.02. The van der Waals surface area contributed by atoms with Crippen LogP contribution in [0.4, 0.5) is 5.82 Å². The van der Waals surface area contributed by atoms with E-state index in [0.717, 1.165) is 54.1 Å². The molecule has 6 heteroatoms. The van der Waals surface area contributed by atoms with Crippen molar-refractivity contribution in [3.8, 4) is 6.07 Å². The molecule has 126 valence electrons. The van der Waals surface area contributed by atoms with E-state index in [1.165, 1.54) is 5.56 Å². The molecule has 1 aromatic carbocycles. The predicted octanol–water partition coefficient (Wildman–Crippen LogP) is 3.64. The van der Waals surface area contributed by atoms with Crippen molar-refractivity contribution < 1.29 is 0 Å². The second kappa shape index (κ2) is 7.18. The molecule has 25 heavy (non-hydrogen) atoms. The number of nitrogens with zero attached hydrogens (tertiary/aromatic N) is 4. The Labute approximate surface area is 151 Å². The first-order chi connectivity index (χ1) is 12.3. The molecule has 0 saturated carbocycles. The van der Waals surface area contributed by atoms with Gasteiger partial charge in [0.2, 0.25) is 0 Å². The highest BCUT2D eigenvalue weighted by atomic mass is 32.1. The summed E-state index contributed by atoms with van der Waals surface area (Å²) in [5, 5.41) is 14.7. The van der Waals surface area contributed by atoms with Crippen LogP contribution in [0.2, 0.25) is 0 Å². The molecule has 3 aromatic rings. The molecule has 1 fully saturated rings. The molecule has 0 spiro atoms. The summed E-state index contributed by atoms with van der Waals surface area (Å²) >= 11 is 1.68. The van der Waals surface area contributed by atoms with E-state index in [-0.39, 0.29) is 0 Å². The first kappa shape index (κ1) is 16.0. The molecule has 3 heterocycles. The fraction of sp³-hybridized carbons (Fsp3) is 0.316. The third-order valence-electron chi connectivity index (χ3n) is 4.63. The van der Waals surface area contributed by atoms with Gasteiger partial charge in [0, 0.05) is 25.7 Å². The summed E-state index contributed by atoms with van der Waals surface area (Å²) < 4.78 is 1.14. The summed E-state index contributed by atoms with van der Waals surface area (Å²) in [4.78, 5) is 11.2. The average molecular weight is 349 g/mol. The van der Waals surface area contributed by atoms with Gasteiger partial charge in [0.1, 0.15) is 12.1 Å². The SMILES string of the molecule is N#Cc1cccc(CN2CCC(Nc3ncnc4ccsc34)CC2)c1. The first-order valence-corrected chi connectivity index (χ1v) is 9.36. The predicted molar refractivity (Wildman–Crippen MR) is 100 cm³/mol. The Balaban J connectivity index is 1.35. The number of hydrogen-bond acceptors (Lipinski definition) is 6. The molecule has 0 radical (unpaired) electrons. The zero-order chi connectivity index (χ0) is 17.1. The highest BCUT2D eigenvalue weighted by Crippen LogP contribution is 2.27. The number of benzene rings is 1. The van der Waals surface area contributed by atoms with Crippen LogP contribution in [0.25, 0.3) is 10.2 Å². The highest BCUT2D eigenvalue weighted by Gasteiger charge is 2.20. The van der Waals surface area contributed by atoms with Gasteiger partial charge in [0.15, 0.2) is 0 Å². The van der Waals surface area contributed by atoms with Crippen molar-refractivity contribution in [1.29, 1.82) is 5.26 Å². The Morgan fingerprint density at radius 2 is 2.12 bits per heavy atom. The number of rotatable bonds is 4. The lowest BCUT2D eigenvalue weighted by Crippen LogP contribution is -2.38. The van der Waals surface area contributed by atoms with Crippen molar-refractivity contribution in [3.05, 3.63) is 53.2 Å². The van der Waals surface area contributed by atoms with E-state index in [0.29, 0.717) is 6.04 Å². The molecule has 5 nitrogen and oxygen atoms in total. The second-order valence-electron chi connectivity index (χ2n) is 6.36. The van der Waals surface area contributed by atoms with E-state index in [1.54, 1.807) is 17.7 Å². The van der Waals surface area contributed by atoms with Crippen LogP contribution in [0.5, 0.6) is 0 Å². The Morgan fingerprint density at radius 1 is 1.24 bits per heavy atom. The standard InChI is InChI=1S/C19H19N5S/c20-11-14-2-1-3-15(10-14)12-24-7-4-16(5-8-24)23-19-18-17(6-9-25-18)21-13-22-19/h1-3,6,9-10,13,16H,4-5,7-8,12H2,(H,21,22,23). The van der Waals surface area contributed by atoms with Gasteiger partial charge in [0.25, 0.3) is 0 Å². The molecule has 0 unspecified atom stereocenters. The number of fused-ring (bicyclic) bond motifs is 1. The number of likely N-dealkylation sites (tertiary alicyclic amines) is 1. The van der Waals surface area contributed by atoms with E-state index in [4.69, 9.17) is 5.26 Å². The Kier molecular flexibility index (Phi) is 4.59. The number of hydrogen-bond donors (Lipinski definition) is 1. The van der Waals surface area contributed by atoms with E-state index in [9.17, 15) is 0 Å². The normalized spacial score (nSPS) is 16.0. The molecule has 1 aliphatic heterocycles. The van der Waals surface area contributed by atoms with Gasteiger partial charge in [-0.15, -0.1) is 11.3 Å². The molecular formula is C19H19N5S. The van der Waals surface area contributed by atoms with Gasteiger partial charge in [-0.3, -0.25) is 4.90 Å². The number of piperidine rings is 1. The summed E-state index contributed by atoms with van der Waals surface area (Å²) in [6, 6.07) is 12.6. The lowest BCUT2D eigenvalue weighted by molar-refractivity contribution is 0.211. The van der Waals surface area contributed by atoms with Crippen LogP contribution in [0, 0.1) is 11.3 Å². The van der Waals surface area contributed by atoms with Crippen molar-refractivity contribution in [2.75, 3.05) is 18.4 Å². The number of thiophene rings is 1. The van der Waals surface area contributed by atoms with E-state index >= 15 is 0 Å². The van der Waals surface area contributed by atoms with E-state index in [2.05, 4.69) is 37.7 Å². The molecule has 1 aliphatic rings. The minimum atomic E-state index is 0.446. The molecule has 0 amide bonds. The van der Waals surface area contributed by atoms with Crippen LogP contribution in [0.15, 0.2) is 42.0 Å². The lowest BCUT2D eigenvalue weighted by atomic mass is 10.0. The molecule has 0 bridgehead atoms. The zero-order valence-electron chi connectivity index (χ0n) is 13.9. The van der Waals surface area contributed by atoms with Crippen molar-refractivity contribution in [3.63, 3.8) is 0 Å². The van der Waals surface area contributed by atoms with Crippen LogP contribution in [-0.2, 0) is 6.54 Å². The summed E-state index contributed by atoms with van der Waals surface area (Å²) in [6.45, 7) is 3.01. The number of nitriles is 1. The van der Waals surface area contributed by atoms with Crippen LogP contribution >= 0.6 is 11.3 Å². The Bertz CT molecular complexity index is 905. The molecular weight excluding hydrogens is 330 g/mol. The zero-order valence-corrected chi connectivity index (χ0v) is 14.7. The first-order valence-electron chi connectivity index (χ1n) is 8.48. The van der Waals surface area contributed by atoms with Crippen molar-refractivity contribution in [1.82, 2.24) is 14.9 Å². The third-order valence-corrected chi connectivity index (χ3v) is 5.54. The van der Waals surface area contributed by atoms with E-state index < -0.39 is 0 Å². The summed E-state index contributed by atoms with van der Waals surface area (Å²) in [7, 11) is 0. The minimum Gasteiger partial charge on any atom is -0.366 e. The number of anilines is 1. The van der Waals surface area contributed by atoms with Crippen LogP contribution in [0.1, 0.15) is 24.0 Å². The van der Waals surface area contributed by atoms with Crippen LogP contribution in [0.3, 0.4) is 0 Å². The topological polar surface area (TPSA) is 64.8 Å². The molecule has 4 rings (SSSR count). The van der Waals surface area contributed by atoms with Gasteiger partial charge in [0.05, 0.1) is 21.8 Å². The Morgan fingerprint density at radius 3 is 2.96 bits per heavy atom. The number of aromatic nitrogens is 2. The summed E-state index contributed by atoms with van der Waals surface area (Å²) in [5.74, 6) is 0.958. The molecule has 0 atom stereocenters. The quantitative estimate of drug-likeness (QED) is 0.779. The smallest absolute Gasteiger partial charge is 0.147 e. The minimum absolute atomic E-state index is 0.446. The molecule has 2 aromatic heterocycles. The van der Waals surface area contributed by atoms with Gasteiger partial charge in [-0.1, -0.05) is 12.1 Å². The van der Waals surface area contributed by atoms with Gasteiger partial charge in [-0.2, -0.15) is 5.26 Å². The molecule has 1 N–H and O–H groups in total. The maximum absolute atomic E-state index is 9.02. The fourth-order valence-corrected chi connectivity index (χ4v) is 4.12. The van der Waals surface area contributed by atoms with Gasteiger partial charge in [-0.25, -0.2) is 9.97 Å². The van der Waals surface area contributed by atoms with Crippen molar-refractivity contribution in [2.45, 2.75) is 25.4 Å². The molecule has 0 aliphatic carbocycles. The largest absolute Gasteiger partial charge is 0.366 e. The maximum Gasteiger partial charge on any atom is 0.147 e. The van der Waals surface area contributed by atoms with Gasteiger partial charge >= 0.3 is 0 Å². The lowest BCUT2D eigenvalue weighted by Gasteiger charge is -2.32. The van der Waals surface area contributed by atoms with E-state index in [1.807, 2.05) is 24.3 Å². The summed E-state index contributed by atoms with van der Waals surface area (Å²) in [5.41, 5.74) is 2.96. The van der Waals surface area contributed by atoms with Crippen molar-refractivity contribution in [2.24, 2.45) is 0 Å². The number of nitrogens with one attached hydrogen (secondary N) is 1. The monoisotopic (exact) mass is 349 g/mol. The third kappa shape index (κ3) is 3.63. The second-order valence-corrected chi connectivity index (χ2v) is 7.28. The van der Waals surface area contributed by atoms with Crippen LogP contribution < -0.4 is 5.32 Å². The summed E-state index contributed by atoms with van der Waals surface area (Å²) in [6.07, 6.45) is 3.82. The van der Waals surface area contributed by atoms with Gasteiger partial charge < -0.3 is 5.32 Å². The van der Waals surface area contributed by atoms with Gasteiger partial charge in [-0.05, 0) is 42.0 Å².